The van der Waals surface area contributed by atoms with Crippen LogP contribution in [0.4, 0.5) is 0 Å². The van der Waals surface area contributed by atoms with Crippen LogP contribution in [-0.4, -0.2) is 37.5 Å². The first kappa shape index (κ1) is 18.4. The summed E-state index contributed by atoms with van der Waals surface area (Å²) >= 11 is 2.91. The number of benzene rings is 1. The first-order valence-electron chi connectivity index (χ1n) is 9.47. The number of para-hydroxylation sites is 1. The molecule has 0 aliphatic heterocycles. The van der Waals surface area contributed by atoms with Crippen LogP contribution in [0.3, 0.4) is 0 Å². The summed E-state index contributed by atoms with van der Waals surface area (Å²) in [7, 11) is 0. The van der Waals surface area contributed by atoms with Gasteiger partial charge in [0.15, 0.2) is 5.16 Å². The maximum atomic E-state index is 13.5. The molecule has 0 unspecified atom stereocenters. The highest BCUT2D eigenvalue weighted by Crippen LogP contribution is 2.37. The Balaban J connectivity index is 1.77. The molecule has 29 heavy (non-hydrogen) atoms. The molecule has 148 valence electrons. The van der Waals surface area contributed by atoms with E-state index in [4.69, 9.17) is 4.74 Å². The Hall–Kier alpha value is -2.65. The number of nitrogens with zero attached hydrogens (tertiary/aromatic N) is 4. The summed E-state index contributed by atoms with van der Waals surface area (Å²) in [4.78, 5) is 27.5. The predicted octanol–water partition coefficient (Wildman–Crippen LogP) is 3.24. The van der Waals surface area contributed by atoms with Crippen LogP contribution in [0.2, 0.25) is 0 Å². The zero-order chi connectivity index (χ0) is 20.0. The summed E-state index contributed by atoms with van der Waals surface area (Å²) in [6, 6.07) is 9.48. The van der Waals surface area contributed by atoms with Crippen LogP contribution < -0.4 is 5.56 Å². The van der Waals surface area contributed by atoms with Crippen molar-refractivity contribution in [2.45, 2.75) is 31.3 Å². The molecule has 0 spiro atoms. The van der Waals surface area contributed by atoms with Crippen LogP contribution in [0.25, 0.3) is 21.7 Å². The fourth-order valence-electron chi connectivity index (χ4n) is 3.78. The molecule has 0 amide bonds. The lowest BCUT2D eigenvalue weighted by Gasteiger charge is -2.10. The maximum absolute atomic E-state index is 13.5. The number of fused-ring (bicyclic) bond motifs is 5. The molecule has 1 aromatic carbocycles. The molecule has 0 fully saturated rings. The van der Waals surface area contributed by atoms with Crippen LogP contribution in [-0.2, 0) is 22.4 Å². The highest BCUT2D eigenvalue weighted by atomic mass is 32.2. The van der Waals surface area contributed by atoms with Crippen molar-refractivity contribution >= 4 is 45.1 Å². The first-order valence-corrected chi connectivity index (χ1v) is 11.3. The fourth-order valence-corrected chi connectivity index (χ4v) is 5.95. The number of aromatic nitrogens is 4. The van der Waals surface area contributed by atoms with Gasteiger partial charge in [0, 0.05) is 4.88 Å². The Bertz CT molecular complexity index is 1290. The van der Waals surface area contributed by atoms with Crippen molar-refractivity contribution in [3.63, 3.8) is 0 Å². The van der Waals surface area contributed by atoms with E-state index in [0.29, 0.717) is 17.5 Å². The van der Waals surface area contributed by atoms with Crippen molar-refractivity contribution in [3.8, 4) is 5.69 Å². The summed E-state index contributed by atoms with van der Waals surface area (Å²) in [5.74, 6) is 0.307. The van der Waals surface area contributed by atoms with Gasteiger partial charge in [0.05, 0.1) is 23.4 Å². The minimum Gasteiger partial charge on any atom is -0.465 e. The van der Waals surface area contributed by atoms with E-state index in [9.17, 15) is 9.59 Å². The van der Waals surface area contributed by atoms with Gasteiger partial charge in [-0.15, -0.1) is 21.5 Å². The van der Waals surface area contributed by atoms with Gasteiger partial charge in [-0.05, 0) is 43.9 Å². The van der Waals surface area contributed by atoms with Crippen molar-refractivity contribution in [1.82, 2.24) is 19.2 Å². The molecule has 0 saturated carbocycles. The second-order valence-corrected chi connectivity index (χ2v) is 8.75. The molecule has 4 aromatic rings. The van der Waals surface area contributed by atoms with Gasteiger partial charge in [0.2, 0.25) is 5.78 Å². The van der Waals surface area contributed by atoms with E-state index in [1.54, 1.807) is 22.8 Å². The average molecular weight is 427 g/mol. The molecular weight excluding hydrogens is 408 g/mol. The molecule has 0 N–H and O–H groups in total. The summed E-state index contributed by atoms with van der Waals surface area (Å²) in [5.41, 5.74) is 1.83. The second kappa shape index (κ2) is 7.31. The lowest BCUT2D eigenvalue weighted by atomic mass is 10.2. The van der Waals surface area contributed by atoms with E-state index in [-0.39, 0.29) is 17.3 Å². The lowest BCUT2D eigenvalue weighted by Crippen LogP contribution is -2.21. The Morgan fingerprint density at radius 2 is 2.07 bits per heavy atom. The largest absolute Gasteiger partial charge is 0.465 e. The molecule has 7 nitrogen and oxygen atoms in total. The van der Waals surface area contributed by atoms with Gasteiger partial charge < -0.3 is 4.74 Å². The minimum atomic E-state index is -0.296. The summed E-state index contributed by atoms with van der Waals surface area (Å²) in [5, 5.41) is 9.96. The number of aryl methyl sites for hydroxylation is 2. The van der Waals surface area contributed by atoms with Gasteiger partial charge >= 0.3 is 5.97 Å². The molecule has 9 heteroatoms. The van der Waals surface area contributed by atoms with Crippen molar-refractivity contribution < 1.29 is 9.53 Å². The smallest absolute Gasteiger partial charge is 0.316 e. The number of hydrogen-bond donors (Lipinski definition) is 0. The SMILES string of the molecule is CCOC(=O)CSc1nnc2n(-c3ccccc3)c(=O)c3c4c(sc3n12)CCC4. The maximum Gasteiger partial charge on any atom is 0.316 e. The molecule has 5 rings (SSSR count). The topological polar surface area (TPSA) is 78.5 Å². The molecular formula is C20H18N4O3S2. The standard InChI is InChI=1S/C20H18N4O3S2/c1-2-27-15(25)11-28-20-22-21-19-23(12-7-4-3-5-8-12)17(26)16-13-9-6-10-14(13)29-18(16)24(19)20/h3-5,7-8H,2,6,9-11H2,1H3. The zero-order valence-corrected chi connectivity index (χ0v) is 17.4. The predicted molar refractivity (Wildman–Crippen MR) is 113 cm³/mol. The number of carbonyl (C=O) groups excluding carboxylic acids is 1. The summed E-state index contributed by atoms with van der Waals surface area (Å²) in [6.07, 6.45) is 2.99. The number of rotatable bonds is 5. The van der Waals surface area contributed by atoms with Gasteiger partial charge in [0.1, 0.15) is 4.83 Å². The highest BCUT2D eigenvalue weighted by Gasteiger charge is 2.26. The van der Waals surface area contributed by atoms with Crippen LogP contribution >= 0.6 is 23.1 Å². The lowest BCUT2D eigenvalue weighted by molar-refractivity contribution is -0.139. The first-order chi connectivity index (χ1) is 14.2. The van der Waals surface area contributed by atoms with Gasteiger partial charge in [-0.2, -0.15) is 0 Å². The third-order valence-corrected chi connectivity index (χ3v) is 7.16. The van der Waals surface area contributed by atoms with Crippen LogP contribution in [0.1, 0.15) is 23.8 Å². The zero-order valence-electron chi connectivity index (χ0n) is 15.8. The van der Waals surface area contributed by atoms with E-state index >= 15 is 0 Å². The third kappa shape index (κ3) is 2.96. The summed E-state index contributed by atoms with van der Waals surface area (Å²) < 4.78 is 8.57. The van der Waals surface area contributed by atoms with Gasteiger partial charge in [-0.3, -0.25) is 9.59 Å². The normalized spacial score (nSPS) is 13.3. The van der Waals surface area contributed by atoms with Crippen molar-refractivity contribution in [2.75, 3.05) is 12.4 Å². The molecule has 3 aromatic heterocycles. The average Bonchev–Trinajstić information content (AvgIpc) is 3.41. The Morgan fingerprint density at radius 3 is 2.86 bits per heavy atom. The number of hydrogen-bond acceptors (Lipinski definition) is 7. The van der Waals surface area contributed by atoms with E-state index in [1.165, 1.54) is 16.6 Å². The van der Waals surface area contributed by atoms with E-state index < -0.39 is 0 Å². The molecule has 1 aliphatic rings. The molecule has 0 atom stereocenters. The van der Waals surface area contributed by atoms with Gasteiger partial charge in [-0.25, -0.2) is 8.97 Å². The molecule has 0 radical (unpaired) electrons. The Morgan fingerprint density at radius 1 is 1.24 bits per heavy atom. The summed E-state index contributed by atoms with van der Waals surface area (Å²) in [6.45, 7) is 2.12. The van der Waals surface area contributed by atoms with Crippen molar-refractivity contribution in [3.05, 3.63) is 51.1 Å². The minimum absolute atomic E-state index is 0.0626. The third-order valence-electron chi connectivity index (χ3n) is 4.98. The van der Waals surface area contributed by atoms with Crippen LogP contribution in [0, 0.1) is 0 Å². The number of thiophene rings is 1. The van der Waals surface area contributed by atoms with Crippen molar-refractivity contribution in [2.24, 2.45) is 0 Å². The van der Waals surface area contributed by atoms with E-state index in [1.807, 2.05) is 34.7 Å². The number of carbonyl (C=O) groups is 1. The number of thioether (sulfide) groups is 1. The van der Waals surface area contributed by atoms with Gasteiger partial charge in [-0.1, -0.05) is 30.0 Å². The van der Waals surface area contributed by atoms with Crippen LogP contribution in [0.5, 0.6) is 0 Å². The Labute approximate surface area is 174 Å². The van der Waals surface area contributed by atoms with E-state index in [0.717, 1.165) is 40.7 Å². The Kier molecular flexibility index (Phi) is 4.63. The number of ether oxygens (including phenoxy) is 1. The second-order valence-electron chi connectivity index (χ2n) is 6.73. The number of esters is 1. The molecule has 0 saturated heterocycles. The molecule has 3 heterocycles. The van der Waals surface area contributed by atoms with Crippen LogP contribution in [0.15, 0.2) is 40.3 Å². The molecule has 0 bridgehead atoms. The quantitative estimate of drug-likeness (QED) is 0.360. The monoisotopic (exact) mass is 426 g/mol. The molecule has 1 aliphatic carbocycles. The fraction of sp³-hybridized carbons (Fsp3) is 0.300. The van der Waals surface area contributed by atoms with E-state index in [2.05, 4.69) is 10.2 Å². The van der Waals surface area contributed by atoms with Gasteiger partial charge in [0.25, 0.3) is 5.56 Å². The van der Waals surface area contributed by atoms with Crippen molar-refractivity contribution in [1.29, 1.82) is 0 Å². The highest BCUT2D eigenvalue weighted by molar-refractivity contribution is 7.99.